The first-order chi connectivity index (χ1) is 10.4. The van der Waals surface area contributed by atoms with Gasteiger partial charge in [0, 0.05) is 29.9 Å². The Kier molecular flexibility index (Phi) is 4.08. The van der Waals surface area contributed by atoms with E-state index in [4.69, 9.17) is 14.2 Å². The summed E-state index contributed by atoms with van der Waals surface area (Å²) in [5.74, 6) is 0.339. The molecule has 0 radical (unpaired) electrons. The summed E-state index contributed by atoms with van der Waals surface area (Å²) in [6.45, 7) is 10.7. The highest BCUT2D eigenvalue weighted by atomic mass is 16.7. The predicted molar refractivity (Wildman–Crippen MR) is 79.6 cm³/mol. The second-order valence-electron chi connectivity index (χ2n) is 7.22. The van der Waals surface area contributed by atoms with E-state index in [0.717, 1.165) is 12.8 Å². The van der Waals surface area contributed by atoms with Crippen LogP contribution in [0, 0.1) is 23.2 Å². The van der Waals surface area contributed by atoms with Crippen LogP contribution in [-0.4, -0.2) is 36.4 Å². The van der Waals surface area contributed by atoms with E-state index in [9.17, 15) is 9.90 Å². The van der Waals surface area contributed by atoms with Gasteiger partial charge in [-0.3, -0.25) is 0 Å². The van der Waals surface area contributed by atoms with Gasteiger partial charge < -0.3 is 19.3 Å². The molecule has 1 aliphatic carbocycles. The van der Waals surface area contributed by atoms with E-state index in [1.165, 1.54) is 0 Å². The van der Waals surface area contributed by atoms with Crippen molar-refractivity contribution < 1.29 is 24.1 Å². The molecule has 3 rings (SSSR count). The van der Waals surface area contributed by atoms with E-state index in [-0.39, 0.29) is 29.3 Å². The summed E-state index contributed by atoms with van der Waals surface area (Å²) in [4.78, 5) is 11.9. The van der Waals surface area contributed by atoms with Gasteiger partial charge in [-0.2, -0.15) is 0 Å². The van der Waals surface area contributed by atoms with E-state index in [0.29, 0.717) is 24.5 Å². The summed E-state index contributed by atoms with van der Waals surface area (Å²) in [6.07, 6.45) is 0.797. The summed E-state index contributed by atoms with van der Waals surface area (Å²) in [7, 11) is 0. The number of carbonyl (C=O) groups is 1. The number of rotatable bonds is 2. The Hall–Kier alpha value is -0.910. The van der Waals surface area contributed by atoms with Gasteiger partial charge in [-0.15, -0.1) is 0 Å². The van der Waals surface area contributed by atoms with Gasteiger partial charge >= 0.3 is 5.97 Å². The van der Waals surface area contributed by atoms with E-state index >= 15 is 0 Å². The summed E-state index contributed by atoms with van der Waals surface area (Å²) in [6, 6.07) is 0. The maximum atomic E-state index is 11.9. The minimum atomic E-state index is -0.791. The maximum absolute atomic E-state index is 11.9. The molecule has 0 bridgehead atoms. The number of aliphatic hydroxyl groups excluding tert-OH is 1. The van der Waals surface area contributed by atoms with Crippen LogP contribution in [0.4, 0.5) is 0 Å². The number of esters is 1. The first kappa shape index (κ1) is 16.0. The highest BCUT2D eigenvalue weighted by Gasteiger charge is 2.56. The number of hydrogen-bond acceptors (Lipinski definition) is 5. The van der Waals surface area contributed by atoms with Crippen LogP contribution < -0.4 is 0 Å². The molecule has 3 aliphatic rings. The van der Waals surface area contributed by atoms with Crippen molar-refractivity contribution >= 4 is 5.97 Å². The monoisotopic (exact) mass is 310 g/mol. The normalized spacial score (nSPS) is 48.4. The quantitative estimate of drug-likeness (QED) is 0.626. The van der Waals surface area contributed by atoms with E-state index in [1.54, 1.807) is 0 Å². The molecule has 1 saturated carbocycles. The zero-order valence-corrected chi connectivity index (χ0v) is 13.6. The minimum Gasteiger partial charge on any atom is -0.458 e. The van der Waals surface area contributed by atoms with Crippen LogP contribution in [0.5, 0.6) is 0 Å². The molecule has 2 heterocycles. The van der Waals surface area contributed by atoms with Crippen molar-refractivity contribution in [1.29, 1.82) is 0 Å². The van der Waals surface area contributed by atoms with Crippen LogP contribution in [0.3, 0.4) is 0 Å². The Morgan fingerprint density at radius 1 is 1.45 bits per heavy atom. The van der Waals surface area contributed by atoms with Gasteiger partial charge in [-0.05, 0) is 31.6 Å². The molecule has 2 aliphatic heterocycles. The zero-order valence-electron chi connectivity index (χ0n) is 13.6. The average Bonchev–Trinajstić information content (AvgIpc) is 2.64. The van der Waals surface area contributed by atoms with E-state index in [2.05, 4.69) is 20.4 Å². The first-order valence-electron chi connectivity index (χ1n) is 8.21. The Labute approximate surface area is 131 Å². The van der Waals surface area contributed by atoms with Crippen LogP contribution >= 0.6 is 0 Å². The fourth-order valence-electron chi connectivity index (χ4n) is 4.67. The Morgan fingerprint density at radius 2 is 2.18 bits per heavy atom. The highest BCUT2D eigenvalue weighted by Crippen LogP contribution is 2.55. The lowest BCUT2D eigenvalue weighted by molar-refractivity contribution is -0.318. The number of ether oxygens (including phenoxy) is 3. The standard InChI is InChI=1S/C17H26O5/c1-5-20-16-17(4)8-11-10(3)15(19)21-13(11)6-9(2)12(17)7-14(18)22-16/h9,11-14,16,18H,3,5-8H2,1-2,4H3/t9-,11-,12+,13-,14-,16-,17+/m1/s1. The fraction of sp³-hybridized carbons (Fsp3) is 0.824. The number of fused-ring (bicyclic) bond motifs is 2. The van der Waals surface area contributed by atoms with Crippen molar-refractivity contribution in [3.63, 3.8) is 0 Å². The van der Waals surface area contributed by atoms with Gasteiger partial charge in [-0.1, -0.05) is 20.4 Å². The van der Waals surface area contributed by atoms with Crippen molar-refractivity contribution in [2.75, 3.05) is 6.61 Å². The molecular formula is C17H26O5. The average molecular weight is 310 g/mol. The lowest BCUT2D eigenvalue weighted by Gasteiger charge is -2.49. The van der Waals surface area contributed by atoms with Gasteiger partial charge in [0.15, 0.2) is 12.6 Å². The molecule has 0 aromatic rings. The summed E-state index contributed by atoms with van der Waals surface area (Å²) in [5.41, 5.74) is 0.311. The van der Waals surface area contributed by atoms with Crippen LogP contribution in [-0.2, 0) is 19.0 Å². The summed E-state index contributed by atoms with van der Waals surface area (Å²) >= 11 is 0. The third-order valence-corrected chi connectivity index (χ3v) is 5.81. The van der Waals surface area contributed by atoms with Gasteiger partial charge in [0.2, 0.25) is 0 Å². The SMILES string of the molecule is C=C1C(=O)O[C@@H]2C[C@@H](C)[C@@H]3C[C@H](O)O[C@@H](OCC)[C@@]3(C)C[C@H]12. The Morgan fingerprint density at radius 3 is 2.86 bits per heavy atom. The van der Waals surface area contributed by atoms with Gasteiger partial charge in [0.25, 0.3) is 0 Å². The predicted octanol–water partition coefficient (Wildman–Crippen LogP) is 2.24. The number of carbonyl (C=O) groups excluding carboxylic acids is 1. The molecular weight excluding hydrogens is 284 g/mol. The molecule has 3 fully saturated rings. The fourth-order valence-corrected chi connectivity index (χ4v) is 4.67. The molecule has 0 aromatic heterocycles. The smallest absolute Gasteiger partial charge is 0.334 e. The Balaban J connectivity index is 1.95. The van der Waals surface area contributed by atoms with Crippen molar-refractivity contribution in [3.8, 4) is 0 Å². The topological polar surface area (TPSA) is 65.0 Å². The number of hydrogen-bond donors (Lipinski definition) is 1. The molecule has 2 saturated heterocycles. The largest absolute Gasteiger partial charge is 0.458 e. The van der Waals surface area contributed by atoms with Crippen LogP contribution in [0.2, 0.25) is 0 Å². The summed E-state index contributed by atoms with van der Waals surface area (Å²) < 4.78 is 17.0. The molecule has 0 aromatic carbocycles. The van der Waals surface area contributed by atoms with Gasteiger partial charge in [-0.25, -0.2) is 4.79 Å². The molecule has 7 atom stereocenters. The highest BCUT2D eigenvalue weighted by molar-refractivity contribution is 5.90. The first-order valence-corrected chi connectivity index (χ1v) is 8.21. The van der Waals surface area contributed by atoms with E-state index < -0.39 is 12.6 Å². The minimum absolute atomic E-state index is 0.0201. The van der Waals surface area contributed by atoms with Crippen LogP contribution in [0.1, 0.15) is 40.0 Å². The van der Waals surface area contributed by atoms with Crippen molar-refractivity contribution in [2.24, 2.45) is 23.2 Å². The molecule has 0 unspecified atom stereocenters. The molecule has 22 heavy (non-hydrogen) atoms. The second-order valence-corrected chi connectivity index (χ2v) is 7.22. The zero-order chi connectivity index (χ0) is 16.1. The molecule has 0 spiro atoms. The molecule has 5 nitrogen and oxygen atoms in total. The molecule has 5 heteroatoms. The Bertz CT molecular complexity index is 476. The van der Waals surface area contributed by atoms with Crippen LogP contribution in [0.25, 0.3) is 0 Å². The van der Waals surface area contributed by atoms with E-state index in [1.807, 2.05) is 6.92 Å². The lowest BCUT2D eigenvalue weighted by Crippen LogP contribution is -2.52. The van der Waals surface area contributed by atoms with Crippen molar-refractivity contribution in [3.05, 3.63) is 12.2 Å². The third-order valence-electron chi connectivity index (χ3n) is 5.81. The summed E-state index contributed by atoms with van der Waals surface area (Å²) in [5, 5.41) is 10.1. The lowest BCUT2D eigenvalue weighted by atomic mass is 9.65. The van der Waals surface area contributed by atoms with Crippen molar-refractivity contribution in [2.45, 2.75) is 58.7 Å². The van der Waals surface area contributed by atoms with Crippen LogP contribution in [0.15, 0.2) is 12.2 Å². The van der Waals surface area contributed by atoms with Gasteiger partial charge in [0.05, 0.1) is 0 Å². The molecule has 124 valence electrons. The van der Waals surface area contributed by atoms with Crippen molar-refractivity contribution in [1.82, 2.24) is 0 Å². The van der Waals surface area contributed by atoms with Gasteiger partial charge in [0.1, 0.15) is 6.10 Å². The second kappa shape index (κ2) is 5.62. The molecule has 0 amide bonds. The maximum Gasteiger partial charge on any atom is 0.334 e. The number of aliphatic hydroxyl groups is 1. The third kappa shape index (κ3) is 2.39. The molecule has 1 N–H and O–H groups in total.